The first-order chi connectivity index (χ1) is 14.0. The third-order valence-electron chi connectivity index (χ3n) is 6.04. The first kappa shape index (κ1) is 19.6. The van der Waals surface area contributed by atoms with E-state index in [2.05, 4.69) is 58.4 Å². The number of para-hydroxylation sites is 1. The van der Waals surface area contributed by atoms with Crippen molar-refractivity contribution < 1.29 is 4.79 Å². The smallest absolute Gasteiger partial charge is 0.234 e. The molecule has 1 fully saturated rings. The molecule has 2 aromatic heterocycles. The average Bonchev–Trinajstić information content (AvgIpc) is 3.25. The van der Waals surface area contributed by atoms with Gasteiger partial charge in [0.1, 0.15) is 0 Å². The van der Waals surface area contributed by atoms with Gasteiger partial charge >= 0.3 is 0 Å². The molecule has 3 aromatic rings. The highest BCUT2D eigenvalue weighted by Gasteiger charge is 2.31. The minimum absolute atomic E-state index is 0.0873. The lowest BCUT2D eigenvalue weighted by molar-refractivity contribution is -0.122. The van der Waals surface area contributed by atoms with E-state index in [1.165, 1.54) is 16.8 Å². The number of hydrogen-bond donors (Lipinski definition) is 1. The SMILES string of the molecule is Cc1nn(C)c(C)c1C1CCCN1CC(=O)NCCc1cccc2cccnc12. The molecule has 0 saturated carbocycles. The van der Waals surface area contributed by atoms with Crippen molar-refractivity contribution in [1.29, 1.82) is 0 Å². The average molecular weight is 392 g/mol. The molecule has 1 aliphatic rings. The van der Waals surface area contributed by atoms with Crippen LogP contribution in [0.25, 0.3) is 10.9 Å². The summed E-state index contributed by atoms with van der Waals surface area (Å²) in [6.45, 7) is 6.20. The van der Waals surface area contributed by atoms with E-state index in [1.807, 2.05) is 24.0 Å². The second kappa shape index (κ2) is 8.33. The highest BCUT2D eigenvalue weighted by atomic mass is 16.2. The molecule has 0 radical (unpaired) electrons. The maximum Gasteiger partial charge on any atom is 0.234 e. The van der Waals surface area contributed by atoms with Gasteiger partial charge in [0.15, 0.2) is 0 Å². The second-order valence-corrected chi connectivity index (χ2v) is 7.93. The largest absolute Gasteiger partial charge is 0.355 e. The zero-order chi connectivity index (χ0) is 20.4. The fraction of sp³-hybridized carbons (Fsp3) is 0.435. The summed E-state index contributed by atoms with van der Waals surface area (Å²) in [5.74, 6) is 0.0873. The van der Waals surface area contributed by atoms with Crippen LogP contribution in [0.4, 0.5) is 0 Å². The summed E-state index contributed by atoms with van der Waals surface area (Å²) in [7, 11) is 1.99. The Balaban J connectivity index is 1.36. The van der Waals surface area contributed by atoms with Crippen LogP contribution in [0, 0.1) is 13.8 Å². The Kier molecular flexibility index (Phi) is 5.62. The van der Waals surface area contributed by atoms with Gasteiger partial charge in [-0.05, 0) is 51.3 Å². The summed E-state index contributed by atoms with van der Waals surface area (Å²) >= 11 is 0. The molecule has 0 bridgehead atoms. The number of fused-ring (bicyclic) bond motifs is 1. The molecule has 1 atom stereocenters. The molecule has 4 rings (SSSR count). The lowest BCUT2D eigenvalue weighted by Crippen LogP contribution is -2.38. The molecule has 1 N–H and O–H groups in total. The molecule has 6 nitrogen and oxygen atoms in total. The van der Waals surface area contributed by atoms with Gasteiger partial charge in [0.05, 0.1) is 17.8 Å². The fourth-order valence-electron chi connectivity index (χ4n) is 4.56. The number of pyridine rings is 1. The summed E-state index contributed by atoms with van der Waals surface area (Å²) in [5.41, 5.74) is 5.75. The van der Waals surface area contributed by atoms with Crippen LogP contribution in [0.1, 0.15) is 41.4 Å². The van der Waals surface area contributed by atoms with Crippen LogP contribution < -0.4 is 5.32 Å². The number of nitrogens with zero attached hydrogens (tertiary/aromatic N) is 4. The van der Waals surface area contributed by atoms with E-state index in [4.69, 9.17) is 0 Å². The lowest BCUT2D eigenvalue weighted by atomic mass is 10.0. The number of nitrogens with one attached hydrogen (secondary N) is 1. The Morgan fingerprint density at radius 1 is 1.24 bits per heavy atom. The topological polar surface area (TPSA) is 63.1 Å². The quantitative estimate of drug-likeness (QED) is 0.701. The zero-order valence-corrected chi connectivity index (χ0v) is 17.5. The molecule has 29 heavy (non-hydrogen) atoms. The number of likely N-dealkylation sites (tertiary alicyclic amines) is 1. The predicted molar refractivity (Wildman–Crippen MR) is 115 cm³/mol. The Bertz CT molecular complexity index is 1020. The van der Waals surface area contributed by atoms with Crippen LogP contribution in [0.2, 0.25) is 0 Å². The summed E-state index contributed by atoms with van der Waals surface area (Å²) in [6, 6.07) is 10.5. The summed E-state index contributed by atoms with van der Waals surface area (Å²) in [4.78, 5) is 19.4. The number of hydrogen-bond acceptors (Lipinski definition) is 4. The number of aryl methyl sites for hydroxylation is 2. The van der Waals surface area contributed by atoms with Crippen molar-refractivity contribution in [3.05, 3.63) is 59.0 Å². The molecule has 152 valence electrons. The van der Waals surface area contributed by atoms with Gasteiger partial charge in [-0.3, -0.25) is 19.4 Å². The number of benzene rings is 1. The van der Waals surface area contributed by atoms with Gasteiger partial charge in [-0.15, -0.1) is 0 Å². The van der Waals surface area contributed by atoms with Gasteiger partial charge in [0, 0.05) is 42.5 Å². The molecule has 1 aliphatic heterocycles. The second-order valence-electron chi connectivity index (χ2n) is 7.93. The minimum atomic E-state index is 0.0873. The molecule has 6 heteroatoms. The predicted octanol–water partition coefficient (Wildman–Crippen LogP) is 3.08. The molecular formula is C23H29N5O. The van der Waals surface area contributed by atoms with Crippen molar-refractivity contribution in [2.24, 2.45) is 7.05 Å². The van der Waals surface area contributed by atoms with Gasteiger partial charge < -0.3 is 5.32 Å². The number of amides is 1. The van der Waals surface area contributed by atoms with Crippen molar-refractivity contribution in [2.75, 3.05) is 19.6 Å². The zero-order valence-electron chi connectivity index (χ0n) is 17.5. The summed E-state index contributed by atoms with van der Waals surface area (Å²) in [5, 5.41) is 8.80. The van der Waals surface area contributed by atoms with Gasteiger partial charge in [-0.2, -0.15) is 5.10 Å². The Labute approximate surface area is 171 Å². The van der Waals surface area contributed by atoms with Crippen molar-refractivity contribution in [3.63, 3.8) is 0 Å². The number of rotatable bonds is 6. The van der Waals surface area contributed by atoms with Crippen molar-refractivity contribution >= 4 is 16.8 Å². The van der Waals surface area contributed by atoms with Crippen molar-refractivity contribution in [2.45, 2.75) is 39.2 Å². The number of carbonyl (C=O) groups excluding carboxylic acids is 1. The first-order valence-corrected chi connectivity index (χ1v) is 10.4. The van der Waals surface area contributed by atoms with Crippen LogP contribution in [0.5, 0.6) is 0 Å². The van der Waals surface area contributed by atoms with Crippen LogP contribution in [0.15, 0.2) is 36.5 Å². The molecule has 0 spiro atoms. The van der Waals surface area contributed by atoms with E-state index >= 15 is 0 Å². The Hall–Kier alpha value is -2.73. The molecule has 1 unspecified atom stereocenters. The summed E-state index contributed by atoms with van der Waals surface area (Å²) in [6.07, 6.45) is 4.81. The van der Waals surface area contributed by atoms with E-state index in [0.29, 0.717) is 13.1 Å². The first-order valence-electron chi connectivity index (χ1n) is 10.4. The fourth-order valence-corrected chi connectivity index (χ4v) is 4.56. The van der Waals surface area contributed by atoms with Gasteiger partial charge in [0.2, 0.25) is 5.91 Å². The van der Waals surface area contributed by atoms with E-state index in [0.717, 1.165) is 42.4 Å². The standard InChI is InChI=1S/C23H29N5O/c1-16-22(17(2)27(3)26-16)20-10-6-14-28(20)15-21(29)24-13-11-19-8-4-7-18-9-5-12-25-23(18)19/h4-5,7-9,12,20H,6,10-11,13-15H2,1-3H3,(H,24,29). The monoisotopic (exact) mass is 391 g/mol. The van der Waals surface area contributed by atoms with Crippen molar-refractivity contribution in [3.8, 4) is 0 Å². The van der Waals surface area contributed by atoms with E-state index in [9.17, 15) is 4.79 Å². The Morgan fingerprint density at radius 3 is 2.86 bits per heavy atom. The lowest BCUT2D eigenvalue weighted by Gasteiger charge is -2.24. The molecule has 0 aliphatic carbocycles. The third kappa shape index (κ3) is 4.03. The highest BCUT2D eigenvalue weighted by Crippen LogP contribution is 2.34. The maximum absolute atomic E-state index is 12.6. The van der Waals surface area contributed by atoms with Gasteiger partial charge in [-0.25, -0.2) is 0 Å². The molecular weight excluding hydrogens is 362 g/mol. The molecule has 3 heterocycles. The van der Waals surface area contributed by atoms with Crippen LogP contribution in [-0.4, -0.2) is 45.2 Å². The van der Waals surface area contributed by atoms with Crippen LogP contribution in [-0.2, 0) is 18.3 Å². The van der Waals surface area contributed by atoms with Gasteiger partial charge in [-0.1, -0.05) is 24.3 Å². The normalized spacial score (nSPS) is 17.1. The van der Waals surface area contributed by atoms with E-state index in [1.54, 1.807) is 0 Å². The Morgan fingerprint density at radius 2 is 2.07 bits per heavy atom. The highest BCUT2D eigenvalue weighted by molar-refractivity contribution is 5.82. The van der Waals surface area contributed by atoms with Crippen LogP contribution in [0.3, 0.4) is 0 Å². The van der Waals surface area contributed by atoms with E-state index in [-0.39, 0.29) is 11.9 Å². The number of carbonyl (C=O) groups is 1. The van der Waals surface area contributed by atoms with E-state index < -0.39 is 0 Å². The minimum Gasteiger partial charge on any atom is -0.355 e. The molecule has 1 amide bonds. The van der Waals surface area contributed by atoms with Crippen LogP contribution >= 0.6 is 0 Å². The molecule has 1 aromatic carbocycles. The third-order valence-corrected chi connectivity index (χ3v) is 6.04. The molecule has 1 saturated heterocycles. The van der Waals surface area contributed by atoms with Crippen molar-refractivity contribution in [1.82, 2.24) is 25.0 Å². The maximum atomic E-state index is 12.6. The van der Waals surface area contributed by atoms with Gasteiger partial charge in [0.25, 0.3) is 0 Å². The number of aromatic nitrogens is 3. The summed E-state index contributed by atoms with van der Waals surface area (Å²) < 4.78 is 1.94.